The molecule has 0 radical (unpaired) electrons. The van der Waals surface area contributed by atoms with Gasteiger partial charge in [-0.05, 0) is 91.8 Å². The molecule has 4 aliphatic carbocycles. The second-order valence-electron chi connectivity index (χ2n) is 15.5. The largest absolute Gasteiger partial charge is 0.479 e. The molecule has 0 aromatic rings. The Morgan fingerprint density at radius 3 is 2.50 bits per heavy atom. The van der Waals surface area contributed by atoms with E-state index in [1.54, 1.807) is 0 Å². The molecule has 3 saturated carbocycles. The van der Waals surface area contributed by atoms with Gasteiger partial charge in [-0.15, -0.1) is 0 Å². The molecule has 0 amide bonds. The van der Waals surface area contributed by atoms with Crippen molar-refractivity contribution in [1.29, 1.82) is 0 Å². The standard InChI is InChI=1S/C33H50O9/c1-16-7-12-33(39-15-16)17(2)24-23(42-33)14-22-20-6-5-18-13-19(8-10-31(18,3)21(20)9-11-32(22,24)4)40-30-27(36)25(34)26(35)28(41-30)29(37)38/h5,16-17,19-28,30,34-36H,6-15H2,1-4H3,(H,37,38)/t16-,17-,19-,20+,21-,22-,23-,24-,25-,26-,27+,28-,30+,31-,32-,33-/m0/s1. The highest BCUT2D eigenvalue weighted by Gasteiger charge is 2.68. The summed E-state index contributed by atoms with van der Waals surface area (Å²) in [5, 5.41) is 40.1. The third-order valence-corrected chi connectivity index (χ3v) is 13.5. The van der Waals surface area contributed by atoms with Crippen molar-refractivity contribution in [3.8, 4) is 0 Å². The Morgan fingerprint density at radius 1 is 1.00 bits per heavy atom. The zero-order valence-electron chi connectivity index (χ0n) is 25.5. The number of fused-ring (bicyclic) bond motifs is 7. The summed E-state index contributed by atoms with van der Waals surface area (Å²) in [5.74, 6) is 1.68. The van der Waals surface area contributed by atoms with Gasteiger partial charge in [0, 0.05) is 12.3 Å². The summed E-state index contributed by atoms with van der Waals surface area (Å²) in [6, 6.07) is 0. The first-order valence-corrected chi connectivity index (χ1v) is 16.5. The summed E-state index contributed by atoms with van der Waals surface area (Å²) in [4.78, 5) is 11.5. The fourth-order valence-electron chi connectivity index (χ4n) is 11.1. The van der Waals surface area contributed by atoms with Crippen LogP contribution in [0, 0.1) is 46.3 Å². The molecule has 7 aliphatic rings. The van der Waals surface area contributed by atoms with Crippen LogP contribution >= 0.6 is 0 Å². The van der Waals surface area contributed by atoms with Crippen LogP contribution in [0.5, 0.6) is 0 Å². The van der Waals surface area contributed by atoms with Gasteiger partial charge in [-0.3, -0.25) is 0 Å². The van der Waals surface area contributed by atoms with E-state index in [9.17, 15) is 25.2 Å². The number of hydrogen-bond donors (Lipinski definition) is 4. The molecule has 7 rings (SSSR count). The number of aliphatic carboxylic acids is 1. The molecule has 3 aliphatic heterocycles. The molecule has 236 valence electrons. The van der Waals surface area contributed by atoms with E-state index < -0.39 is 36.7 Å². The normalized spacial score (nSPS) is 57.1. The van der Waals surface area contributed by atoms with E-state index in [4.69, 9.17) is 18.9 Å². The van der Waals surface area contributed by atoms with Gasteiger partial charge in [0.15, 0.2) is 18.2 Å². The number of carboxylic acid groups (broad SMARTS) is 1. The van der Waals surface area contributed by atoms with E-state index >= 15 is 0 Å². The van der Waals surface area contributed by atoms with E-state index in [1.807, 2.05) is 0 Å². The molecule has 0 bridgehead atoms. The maximum absolute atomic E-state index is 11.5. The molecule has 6 fully saturated rings. The number of ether oxygens (including phenoxy) is 4. The Labute approximate surface area is 248 Å². The minimum Gasteiger partial charge on any atom is -0.479 e. The summed E-state index contributed by atoms with van der Waals surface area (Å²) in [6.45, 7) is 10.5. The van der Waals surface area contributed by atoms with Crippen molar-refractivity contribution >= 4 is 5.97 Å². The fraction of sp³-hybridized carbons (Fsp3) is 0.909. The first-order chi connectivity index (χ1) is 19.9. The Kier molecular flexibility index (Phi) is 7.21. The highest BCUT2D eigenvalue weighted by Crippen LogP contribution is 2.70. The van der Waals surface area contributed by atoms with Gasteiger partial charge in [0.25, 0.3) is 0 Å². The molecule has 0 aromatic heterocycles. The second kappa shape index (κ2) is 10.2. The van der Waals surface area contributed by atoms with Crippen LogP contribution in [-0.4, -0.2) is 81.7 Å². The molecule has 16 atom stereocenters. The molecule has 4 N–H and O–H groups in total. The average molecular weight is 591 g/mol. The monoisotopic (exact) mass is 590 g/mol. The van der Waals surface area contributed by atoms with E-state index in [-0.39, 0.29) is 28.8 Å². The Bertz CT molecular complexity index is 1100. The van der Waals surface area contributed by atoms with Crippen molar-refractivity contribution in [3.63, 3.8) is 0 Å². The predicted molar refractivity (Wildman–Crippen MR) is 151 cm³/mol. The summed E-state index contributed by atoms with van der Waals surface area (Å²) < 4.78 is 24.9. The van der Waals surface area contributed by atoms with Gasteiger partial charge in [-0.2, -0.15) is 0 Å². The van der Waals surface area contributed by atoms with E-state index in [2.05, 4.69) is 33.8 Å². The number of carbonyl (C=O) groups is 1. The van der Waals surface area contributed by atoms with Gasteiger partial charge < -0.3 is 39.4 Å². The van der Waals surface area contributed by atoms with E-state index in [1.165, 1.54) is 24.8 Å². The maximum Gasteiger partial charge on any atom is 0.335 e. The molecule has 9 nitrogen and oxygen atoms in total. The molecular formula is C33H50O9. The van der Waals surface area contributed by atoms with Crippen LogP contribution in [0.3, 0.4) is 0 Å². The summed E-state index contributed by atoms with van der Waals surface area (Å²) in [7, 11) is 0. The Hall–Kier alpha value is -1.07. The lowest BCUT2D eigenvalue weighted by Gasteiger charge is -2.58. The fourth-order valence-corrected chi connectivity index (χ4v) is 11.1. The van der Waals surface area contributed by atoms with Crippen LogP contribution in [0.1, 0.15) is 85.5 Å². The van der Waals surface area contributed by atoms with Gasteiger partial charge in [0.1, 0.15) is 18.3 Å². The molecule has 42 heavy (non-hydrogen) atoms. The lowest BCUT2D eigenvalue weighted by atomic mass is 9.47. The lowest BCUT2D eigenvalue weighted by molar-refractivity contribution is -0.306. The summed E-state index contributed by atoms with van der Waals surface area (Å²) >= 11 is 0. The molecule has 0 aromatic carbocycles. The first-order valence-electron chi connectivity index (χ1n) is 16.5. The first kappa shape index (κ1) is 29.6. The molecule has 1 spiro atoms. The van der Waals surface area contributed by atoms with Crippen LogP contribution in [0.15, 0.2) is 11.6 Å². The van der Waals surface area contributed by atoms with Crippen LogP contribution < -0.4 is 0 Å². The Balaban J connectivity index is 1.05. The van der Waals surface area contributed by atoms with Crippen molar-refractivity contribution in [1.82, 2.24) is 0 Å². The molecule has 0 unspecified atom stereocenters. The van der Waals surface area contributed by atoms with Gasteiger partial charge in [-0.1, -0.05) is 39.3 Å². The second-order valence-corrected chi connectivity index (χ2v) is 15.5. The third-order valence-electron chi connectivity index (χ3n) is 13.5. The maximum atomic E-state index is 11.5. The SMILES string of the molecule is C[C@H]1CC[C@]2(OC1)O[C@H]1C[C@H]3[C@@H]4CC=C5C[C@@H](O[C@@H]6O[C@H](C(=O)O)[C@@H](O)[C@H](O)[C@H]6O)CC[C@]5(C)[C@H]4CC[C@]3(C)[C@H]1[C@@H]2C. The van der Waals surface area contributed by atoms with Crippen molar-refractivity contribution < 1.29 is 44.2 Å². The van der Waals surface area contributed by atoms with E-state index in [0.29, 0.717) is 41.9 Å². The number of allylic oxidation sites excluding steroid dienone is 1. The van der Waals surface area contributed by atoms with Crippen LogP contribution in [0.2, 0.25) is 0 Å². The quantitative estimate of drug-likeness (QED) is 0.364. The minimum atomic E-state index is -1.71. The van der Waals surface area contributed by atoms with Crippen molar-refractivity contribution in [2.75, 3.05) is 6.61 Å². The van der Waals surface area contributed by atoms with E-state index in [0.717, 1.165) is 38.7 Å². The molecule has 9 heteroatoms. The number of rotatable bonds is 3. The van der Waals surface area contributed by atoms with Crippen molar-refractivity contribution in [2.24, 2.45) is 46.3 Å². The zero-order chi connectivity index (χ0) is 29.8. The number of hydrogen-bond acceptors (Lipinski definition) is 8. The topological polar surface area (TPSA) is 135 Å². The summed E-state index contributed by atoms with van der Waals surface area (Å²) in [6.07, 6.45) is 3.92. The predicted octanol–water partition coefficient (Wildman–Crippen LogP) is 3.63. The minimum absolute atomic E-state index is 0.0868. The van der Waals surface area contributed by atoms with Crippen LogP contribution in [-0.2, 0) is 23.7 Å². The number of aliphatic hydroxyl groups excluding tert-OH is 3. The van der Waals surface area contributed by atoms with Gasteiger partial charge >= 0.3 is 5.97 Å². The summed E-state index contributed by atoms with van der Waals surface area (Å²) in [5.41, 5.74) is 1.75. The Morgan fingerprint density at radius 2 is 1.79 bits per heavy atom. The highest BCUT2D eigenvalue weighted by atomic mass is 16.7. The number of carboxylic acids is 1. The smallest absolute Gasteiger partial charge is 0.335 e. The van der Waals surface area contributed by atoms with Crippen molar-refractivity contribution in [3.05, 3.63) is 11.6 Å². The third kappa shape index (κ3) is 4.24. The molecule has 3 heterocycles. The highest BCUT2D eigenvalue weighted by molar-refractivity contribution is 5.73. The molecule has 3 saturated heterocycles. The van der Waals surface area contributed by atoms with Gasteiger partial charge in [0.2, 0.25) is 0 Å². The van der Waals surface area contributed by atoms with Crippen LogP contribution in [0.4, 0.5) is 0 Å². The lowest BCUT2D eigenvalue weighted by Crippen LogP contribution is -2.61. The van der Waals surface area contributed by atoms with Crippen molar-refractivity contribution in [2.45, 2.75) is 134 Å². The molecular weight excluding hydrogens is 540 g/mol. The van der Waals surface area contributed by atoms with Gasteiger partial charge in [0.05, 0.1) is 18.8 Å². The average Bonchev–Trinajstić information content (AvgIpc) is 3.40. The number of aliphatic hydroxyl groups is 3. The zero-order valence-corrected chi connectivity index (χ0v) is 25.5. The van der Waals surface area contributed by atoms with Gasteiger partial charge in [-0.25, -0.2) is 4.79 Å². The van der Waals surface area contributed by atoms with Crippen LogP contribution in [0.25, 0.3) is 0 Å².